The number of benzene rings is 1. The Morgan fingerprint density at radius 1 is 1.37 bits per heavy atom. The SMILES string of the molecule is COc1c(N)cccc1C(=O)OCOCC(F)(F)F. The molecule has 0 aliphatic rings. The van der Waals surface area contributed by atoms with E-state index >= 15 is 0 Å². The highest BCUT2D eigenvalue weighted by Gasteiger charge is 2.27. The van der Waals surface area contributed by atoms with Crippen molar-refractivity contribution in [1.82, 2.24) is 0 Å². The predicted molar refractivity (Wildman–Crippen MR) is 59.7 cm³/mol. The molecule has 0 fully saturated rings. The molecule has 1 aromatic rings. The van der Waals surface area contributed by atoms with Gasteiger partial charge in [-0.15, -0.1) is 0 Å². The summed E-state index contributed by atoms with van der Waals surface area (Å²) in [6, 6.07) is 4.38. The van der Waals surface area contributed by atoms with Crippen LogP contribution in [0.4, 0.5) is 18.9 Å². The summed E-state index contributed by atoms with van der Waals surface area (Å²) in [7, 11) is 1.31. The summed E-state index contributed by atoms with van der Waals surface area (Å²) in [5.41, 5.74) is 5.80. The normalized spacial score (nSPS) is 11.2. The first-order chi connectivity index (χ1) is 8.85. The number of methoxy groups -OCH3 is 1. The second-order valence-corrected chi connectivity index (χ2v) is 3.44. The highest BCUT2D eigenvalue weighted by Crippen LogP contribution is 2.26. The zero-order valence-electron chi connectivity index (χ0n) is 9.99. The molecule has 106 valence electrons. The minimum Gasteiger partial charge on any atom is -0.494 e. The number of nitrogens with two attached hydrogens (primary N) is 1. The lowest BCUT2D eigenvalue weighted by atomic mass is 10.2. The summed E-state index contributed by atoms with van der Waals surface area (Å²) in [5.74, 6) is -0.783. The number of anilines is 1. The molecule has 5 nitrogen and oxygen atoms in total. The topological polar surface area (TPSA) is 70.8 Å². The molecular weight excluding hydrogens is 267 g/mol. The lowest BCUT2D eigenvalue weighted by molar-refractivity contribution is -0.190. The molecule has 0 aromatic heterocycles. The van der Waals surface area contributed by atoms with E-state index in [1.54, 1.807) is 0 Å². The zero-order valence-corrected chi connectivity index (χ0v) is 9.99. The lowest BCUT2D eigenvalue weighted by Crippen LogP contribution is -2.19. The van der Waals surface area contributed by atoms with Crippen LogP contribution in [0.15, 0.2) is 18.2 Å². The number of ether oxygens (including phenoxy) is 3. The Morgan fingerprint density at radius 2 is 2.05 bits per heavy atom. The third-order valence-electron chi connectivity index (χ3n) is 2.01. The van der Waals surface area contributed by atoms with Gasteiger partial charge in [-0.1, -0.05) is 6.07 Å². The third-order valence-corrected chi connectivity index (χ3v) is 2.01. The highest BCUT2D eigenvalue weighted by molar-refractivity contribution is 5.94. The highest BCUT2D eigenvalue weighted by atomic mass is 19.4. The summed E-state index contributed by atoms with van der Waals surface area (Å²) < 4.78 is 48.9. The smallest absolute Gasteiger partial charge is 0.411 e. The molecule has 0 unspecified atom stereocenters. The van der Waals surface area contributed by atoms with Crippen LogP contribution < -0.4 is 10.5 Å². The molecule has 0 spiro atoms. The number of hydrogen-bond donors (Lipinski definition) is 1. The average molecular weight is 279 g/mol. The van der Waals surface area contributed by atoms with E-state index in [0.717, 1.165) is 0 Å². The second-order valence-electron chi connectivity index (χ2n) is 3.44. The van der Waals surface area contributed by atoms with E-state index in [0.29, 0.717) is 0 Å². The molecule has 0 atom stereocenters. The number of carbonyl (C=O) groups is 1. The summed E-state index contributed by atoms with van der Waals surface area (Å²) >= 11 is 0. The van der Waals surface area contributed by atoms with E-state index in [4.69, 9.17) is 10.5 Å². The lowest BCUT2D eigenvalue weighted by Gasteiger charge is -2.11. The van der Waals surface area contributed by atoms with Gasteiger partial charge in [0.2, 0.25) is 0 Å². The largest absolute Gasteiger partial charge is 0.494 e. The number of rotatable bonds is 5. The Labute approximate surface area is 107 Å². The number of halogens is 3. The molecule has 0 aliphatic carbocycles. The van der Waals surface area contributed by atoms with Crippen molar-refractivity contribution in [3.63, 3.8) is 0 Å². The number of alkyl halides is 3. The third kappa shape index (κ3) is 4.66. The van der Waals surface area contributed by atoms with Crippen molar-refractivity contribution in [2.45, 2.75) is 6.18 Å². The first-order valence-corrected chi connectivity index (χ1v) is 5.09. The van der Waals surface area contributed by atoms with Crippen LogP contribution in [0.1, 0.15) is 10.4 Å². The maximum atomic E-state index is 11.8. The number of nitrogen functional groups attached to an aromatic ring is 1. The van der Waals surface area contributed by atoms with E-state index < -0.39 is 25.5 Å². The molecule has 8 heteroatoms. The molecule has 1 aromatic carbocycles. The van der Waals surface area contributed by atoms with Crippen LogP contribution in [0.5, 0.6) is 5.75 Å². The maximum Gasteiger partial charge on any atom is 0.411 e. The fraction of sp³-hybridized carbons (Fsp3) is 0.364. The van der Waals surface area contributed by atoms with Crippen LogP contribution in [-0.2, 0) is 9.47 Å². The molecule has 0 saturated carbocycles. The molecule has 19 heavy (non-hydrogen) atoms. The van der Waals surface area contributed by atoms with Gasteiger partial charge >= 0.3 is 12.1 Å². The summed E-state index contributed by atoms with van der Waals surface area (Å²) in [6.07, 6.45) is -4.47. The van der Waals surface area contributed by atoms with Gasteiger partial charge in [0, 0.05) is 0 Å². The van der Waals surface area contributed by atoms with Crippen LogP contribution >= 0.6 is 0 Å². The van der Waals surface area contributed by atoms with Crippen LogP contribution in [0, 0.1) is 0 Å². The Balaban J connectivity index is 2.57. The van der Waals surface area contributed by atoms with Crippen molar-refractivity contribution < 1.29 is 32.2 Å². The number of carbonyl (C=O) groups excluding carboxylic acids is 1. The van der Waals surface area contributed by atoms with Crippen LogP contribution in [0.2, 0.25) is 0 Å². The second kappa shape index (κ2) is 6.28. The summed E-state index contributed by atoms with van der Waals surface area (Å²) in [6.45, 7) is -2.30. The minimum absolute atomic E-state index is 0.0121. The van der Waals surface area contributed by atoms with Crippen LogP contribution in [0.25, 0.3) is 0 Å². The van der Waals surface area contributed by atoms with Gasteiger partial charge in [-0.3, -0.25) is 0 Å². The average Bonchev–Trinajstić information content (AvgIpc) is 2.33. The van der Waals surface area contributed by atoms with Gasteiger partial charge in [-0.05, 0) is 12.1 Å². The fourth-order valence-electron chi connectivity index (χ4n) is 1.27. The first kappa shape index (κ1) is 15.1. The monoisotopic (exact) mass is 279 g/mol. The Hall–Kier alpha value is -1.96. The van der Waals surface area contributed by atoms with E-state index in [9.17, 15) is 18.0 Å². The predicted octanol–water partition coefficient (Wildman–Crippen LogP) is 1.97. The van der Waals surface area contributed by atoms with Crippen molar-refractivity contribution >= 4 is 11.7 Å². The van der Waals surface area contributed by atoms with Crippen molar-refractivity contribution in [1.29, 1.82) is 0 Å². The quantitative estimate of drug-likeness (QED) is 0.386. The summed E-state index contributed by atoms with van der Waals surface area (Å²) in [4.78, 5) is 11.6. The molecular formula is C11H12F3NO4. The van der Waals surface area contributed by atoms with Gasteiger partial charge in [0.15, 0.2) is 12.5 Å². The molecule has 2 N–H and O–H groups in total. The van der Waals surface area contributed by atoms with Gasteiger partial charge in [0.05, 0.1) is 12.8 Å². The van der Waals surface area contributed by atoms with Gasteiger partial charge in [0.25, 0.3) is 0 Å². The van der Waals surface area contributed by atoms with Gasteiger partial charge < -0.3 is 19.9 Å². The van der Waals surface area contributed by atoms with E-state index in [-0.39, 0.29) is 17.0 Å². The summed E-state index contributed by atoms with van der Waals surface area (Å²) in [5, 5.41) is 0. The van der Waals surface area contributed by atoms with Crippen molar-refractivity contribution in [3.05, 3.63) is 23.8 Å². The number of esters is 1. The standard InChI is InChI=1S/C11H12F3NO4/c1-17-9-7(3-2-4-8(9)15)10(16)19-6-18-5-11(12,13)14/h2-4H,5-6,15H2,1H3. The van der Waals surface area contributed by atoms with Gasteiger partial charge in [0.1, 0.15) is 12.2 Å². The van der Waals surface area contributed by atoms with E-state index in [1.165, 1.54) is 25.3 Å². The van der Waals surface area contributed by atoms with E-state index in [2.05, 4.69) is 9.47 Å². The van der Waals surface area contributed by atoms with Gasteiger partial charge in [-0.2, -0.15) is 13.2 Å². The fourth-order valence-corrected chi connectivity index (χ4v) is 1.27. The minimum atomic E-state index is -4.47. The molecule has 0 heterocycles. The van der Waals surface area contributed by atoms with Crippen molar-refractivity contribution in [3.8, 4) is 5.75 Å². The van der Waals surface area contributed by atoms with Crippen LogP contribution in [-0.4, -0.2) is 32.7 Å². The molecule has 0 aliphatic heterocycles. The number of hydrogen-bond acceptors (Lipinski definition) is 5. The first-order valence-electron chi connectivity index (χ1n) is 5.09. The Kier molecular flexibility index (Phi) is 4.99. The maximum absolute atomic E-state index is 11.8. The molecule has 0 bridgehead atoms. The number of para-hydroxylation sites is 1. The molecule has 1 rings (SSSR count). The van der Waals surface area contributed by atoms with E-state index in [1.807, 2.05) is 0 Å². The molecule has 0 radical (unpaired) electrons. The van der Waals surface area contributed by atoms with Crippen LogP contribution in [0.3, 0.4) is 0 Å². The van der Waals surface area contributed by atoms with Gasteiger partial charge in [-0.25, -0.2) is 4.79 Å². The van der Waals surface area contributed by atoms with Crippen molar-refractivity contribution in [2.24, 2.45) is 0 Å². The molecule has 0 amide bonds. The Bertz CT molecular complexity index is 448. The van der Waals surface area contributed by atoms with Crippen molar-refractivity contribution in [2.75, 3.05) is 26.2 Å². The zero-order chi connectivity index (χ0) is 14.5. The molecule has 0 saturated heterocycles. The Morgan fingerprint density at radius 3 is 2.63 bits per heavy atom.